The molecule has 0 aromatic heterocycles. The van der Waals surface area contributed by atoms with Crippen molar-refractivity contribution in [2.24, 2.45) is 0 Å². The Morgan fingerprint density at radius 1 is 1.30 bits per heavy atom. The first-order valence-corrected chi connectivity index (χ1v) is 6.99. The van der Waals surface area contributed by atoms with Crippen molar-refractivity contribution in [2.75, 3.05) is 6.61 Å². The number of carboxylic acid groups (broad SMARTS) is 1. The molecule has 1 aromatic rings. The molecule has 4 nitrogen and oxygen atoms in total. The van der Waals surface area contributed by atoms with E-state index in [-0.39, 0.29) is 12.6 Å². The number of aliphatic carboxylic acids is 1. The molecule has 20 heavy (non-hydrogen) atoms. The highest BCUT2D eigenvalue weighted by Gasteiger charge is 2.34. The van der Waals surface area contributed by atoms with Crippen molar-refractivity contribution in [1.29, 1.82) is 0 Å². The third-order valence-corrected chi connectivity index (χ3v) is 3.14. The van der Waals surface area contributed by atoms with Gasteiger partial charge in [0.1, 0.15) is 17.9 Å². The van der Waals surface area contributed by atoms with E-state index in [9.17, 15) is 9.90 Å². The largest absolute Gasteiger partial charge is 0.491 e. The van der Waals surface area contributed by atoms with Gasteiger partial charge in [-0.3, -0.25) is 10.1 Å². The van der Waals surface area contributed by atoms with E-state index in [4.69, 9.17) is 4.74 Å². The molecule has 0 heterocycles. The number of para-hydroxylation sites is 1. The fourth-order valence-electron chi connectivity index (χ4n) is 2.11. The summed E-state index contributed by atoms with van der Waals surface area (Å²) in [5.41, 5.74) is -0.0112. The van der Waals surface area contributed by atoms with E-state index in [0.717, 1.165) is 11.3 Å². The average molecular weight is 279 g/mol. The number of carbonyl (C=O) groups is 1. The van der Waals surface area contributed by atoms with Crippen LogP contribution in [0.5, 0.6) is 5.75 Å². The van der Waals surface area contributed by atoms with Crippen LogP contribution in [0.2, 0.25) is 0 Å². The maximum atomic E-state index is 11.5. The molecule has 0 aliphatic heterocycles. The van der Waals surface area contributed by atoms with Gasteiger partial charge in [0.25, 0.3) is 0 Å². The van der Waals surface area contributed by atoms with Gasteiger partial charge >= 0.3 is 5.97 Å². The minimum absolute atomic E-state index is 0.0695. The van der Waals surface area contributed by atoms with E-state index in [2.05, 4.69) is 19.2 Å². The summed E-state index contributed by atoms with van der Waals surface area (Å²) in [5.74, 6) is 0.175. The van der Waals surface area contributed by atoms with E-state index in [1.54, 1.807) is 6.92 Å². The average Bonchev–Trinajstić information content (AvgIpc) is 2.35. The highest BCUT2D eigenvalue weighted by Crippen LogP contribution is 2.26. The Morgan fingerprint density at radius 2 is 1.90 bits per heavy atom. The Bertz CT molecular complexity index is 457. The van der Waals surface area contributed by atoms with E-state index in [1.807, 2.05) is 38.1 Å². The van der Waals surface area contributed by atoms with Crippen molar-refractivity contribution in [3.8, 4) is 5.75 Å². The van der Waals surface area contributed by atoms with Gasteiger partial charge in [0.05, 0.1) is 0 Å². The predicted molar refractivity (Wildman–Crippen MR) is 80.3 cm³/mol. The third-order valence-electron chi connectivity index (χ3n) is 3.14. The summed E-state index contributed by atoms with van der Waals surface area (Å²) in [4.78, 5) is 11.5. The Labute approximate surface area is 121 Å². The zero-order chi connectivity index (χ0) is 15.3. The molecule has 2 N–H and O–H groups in total. The number of nitrogens with one attached hydrogen (secondary N) is 1. The number of benzene rings is 1. The van der Waals surface area contributed by atoms with Crippen LogP contribution in [-0.4, -0.2) is 29.3 Å². The van der Waals surface area contributed by atoms with Crippen molar-refractivity contribution in [2.45, 2.75) is 52.1 Å². The molecule has 1 rings (SSSR count). The molecule has 0 saturated carbocycles. The lowest BCUT2D eigenvalue weighted by molar-refractivity contribution is -0.145. The number of ether oxygens (including phenoxy) is 1. The normalized spacial score (nSPS) is 14.3. The Hall–Kier alpha value is -1.55. The van der Waals surface area contributed by atoms with Crippen LogP contribution >= 0.6 is 0 Å². The molecule has 0 radical (unpaired) electrons. The first kappa shape index (κ1) is 16.5. The van der Waals surface area contributed by atoms with Crippen LogP contribution in [0.3, 0.4) is 0 Å². The third kappa shape index (κ3) is 4.23. The van der Waals surface area contributed by atoms with Gasteiger partial charge in [-0.15, -0.1) is 0 Å². The summed E-state index contributed by atoms with van der Waals surface area (Å²) in [7, 11) is 0. The zero-order valence-electron chi connectivity index (χ0n) is 12.9. The van der Waals surface area contributed by atoms with Crippen LogP contribution in [0.4, 0.5) is 0 Å². The number of hydrogen-bond acceptors (Lipinski definition) is 3. The van der Waals surface area contributed by atoms with Crippen molar-refractivity contribution in [1.82, 2.24) is 5.32 Å². The molecule has 1 aromatic carbocycles. The van der Waals surface area contributed by atoms with E-state index < -0.39 is 11.5 Å². The Kier molecular flexibility index (Phi) is 5.57. The summed E-state index contributed by atoms with van der Waals surface area (Å²) < 4.78 is 5.78. The predicted octanol–water partition coefficient (Wildman–Crippen LogP) is 3.03. The van der Waals surface area contributed by atoms with E-state index >= 15 is 0 Å². The van der Waals surface area contributed by atoms with Crippen LogP contribution in [0, 0.1) is 0 Å². The Morgan fingerprint density at radius 3 is 2.40 bits per heavy atom. The standard InChI is InChI=1S/C16H25NO3/c1-11(2)13-8-6-7-9-14(13)20-10-16(5,15(18)19)17-12(3)4/h6-9,11-12,17H,10H2,1-5H3,(H,18,19). The van der Waals surface area contributed by atoms with Crippen LogP contribution in [-0.2, 0) is 4.79 Å². The second kappa shape index (κ2) is 6.75. The number of rotatable bonds is 7. The second-order valence-electron chi connectivity index (χ2n) is 5.92. The summed E-state index contributed by atoms with van der Waals surface area (Å²) in [6.45, 7) is 9.75. The fraction of sp³-hybridized carbons (Fsp3) is 0.562. The molecule has 4 heteroatoms. The lowest BCUT2D eigenvalue weighted by Crippen LogP contribution is -2.56. The summed E-state index contributed by atoms with van der Waals surface area (Å²) in [5, 5.41) is 12.4. The Balaban J connectivity index is 2.86. The molecule has 0 bridgehead atoms. The van der Waals surface area contributed by atoms with Crippen LogP contribution < -0.4 is 10.1 Å². The highest BCUT2D eigenvalue weighted by molar-refractivity contribution is 5.78. The molecule has 0 amide bonds. The smallest absolute Gasteiger partial charge is 0.327 e. The van der Waals surface area contributed by atoms with Crippen molar-refractivity contribution in [3.05, 3.63) is 29.8 Å². The van der Waals surface area contributed by atoms with Gasteiger partial charge in [-0.2, -0.15) is 0 Å². The molecule has 1 atom stereocenters. The van der Waals surface area contributed by atoms with Crippen molar-refractivity contribution >= 4 is 5.97 Å². The molecular formula is C16H25NO3. The molecule has 0 saturated heterocycles. The molecule has 0 fully saturated rings. The zero-order valence-corrected chi connectivity index (χ0v) is 12.9. The van der Waals surface area contributed by atoms with Gasteiger partial charge in [-0.1, -0.05) is 32.0 Å². The molecule has 112 valence electrons. The number of hydrogen-bond donors (Lipinski definition) is 2. The van der Waals surface area contributed by atoms with E-state index in [1.165, 1.54) is 0 Å². The van der Waals surface area contributed by atoms with Crippen LogP contribution in [0.1, 0.15) is 46.1 Å². The first-order valence-electron chi connectivity index (χ1n) is 6.99. The summed E-state index contributed by atoms with van der Waals surface area (Å²) in [6.07, 6.45) is 0. The van der Waals surface area contributed by atoms with Gasteiger partial charge < -0.3 is 9.84 Å². The van der Waals surface area contributed by atoms with Gasteiger partial charge in [0, 0.05) is 6.04 Å². The second-order valence-corrected chi connectivity index (χ2v) is 5.92. The number of carboxylic acids is 1. The highest BCUT2D eigenvalue weighted by atomic mass is 16.5. The monoisotopic (exact) mass is 279 g/mol. The topological polar surface area (TPSA) is 58.6 Å². The molecular weight excluding hydrogens is 254 g/mol. The summed E-state index contributed by atoms with van der Waals surface area (Å²) in [6, 6.07) is 7.82. The van der Waals surface area contributed by atoms with Crippen molar-refractivity contribution in [3.63, 3.8) is 0 Å². The van der Waals surface area contributed by atoms with Gasteiger partial charge in [0.15, 0.2) is 0 Å². The van der Waals surface area contributed by atoms with Crippen LogP contribution in [0.15, 0.2) is 24.3 Å². The molecule has 0 aliphatic carbocycles. The summed E-state index contributed by atoms with van der Waals surface area (Å²) >= 11 is 0. The minimum Gasteiger partial charge on any atom is -0.491 e. The van der Waals surface area contributed by atoms with Gasteiger partial charge in [-0.05, 0) is 38.3 Å². The van der Waals surface area contributed by atoms with Gasteiger partial charge in [-0.25, -0.2) is 0 Å². The maximum Gasteiger partial charge on any atom is 0.327 e. The molecule has 0 spiro atoms. The quantitative estimate of drug-likeness (QED) is 0.805. The fourth-order valence-corrected chi connectivity index (χ4v) is 2.11. The molecule has 0 aliphatic rings. The SMILES string of the molecule is CC(C)NC(C)(COc1ccccc1C(C)C)C(=O)O. The van der Waals surface area contributed by atoms with Gasteiger partial charge in [0.2, 0.25) is 0 Å². The van der Waals surface area contributed by atoms with Crippen LogP contribution in [0.25, 0.3) is 0 Å². The van der Waals surface area contributed by atoms with Crippen molar-refractivity contribution < 1.29 is 14.6 Å². The lowest BCUT2D eigenvalue weighted by atomic mass is 10.0. The lowest BCUT2D eigenvalue weighted by Gasteiger charge is -2.29. The minimum atomic E-state index is -1.10. The maximum absolute atomic E-state index is 11.5. The first-order chi connectivity index (χ1) is 9.26. The van der Waals surface area contributed by atoms with E-state index in [0.29, 0.717) is 5.92 Å². The molecule has 1 unspecified atom stereocenters.